The van der Waals surface area contributed by atoms with Crippen molar-refractivity contribution < 1.29 is 9.53 Å². The van der Waals surface area contributed by atoms with Crippen LogP contribution in [0.3, 0.4) is 0 Å². The Morgan fingerprint density at radius 1 is 1.07 bits per heavy atom. The van der Waals surface area contributed by atoms with Crippen LogP contribution in [-0.4, -0.2) is 16.8 Å². The van der Waals surface area contributed by atoms with Gasteiger partial charge in [-0.15, -0.1) is 0 Å². The fourth-order valence-electron chi connectivity index (χ4n) is 2.66. The molecule has 1 N–H and O–H groups in total. The fraction of sp³-hybridized carbons (Fsp3) is 0.217. The highest BCUT2D eigenvalue weighted by Crippen LogP contribution is 2.21. The normalized spacial score (nSPS) is 11.6. The lowest BCUT2D eigenvalue weighted by molar-refractivity contribution is 0.103. The van der Waals surface area contributed by atoms with Gasteiger partial charge in [-0.1, -0.05) is 49.4 Å². The monoisotopic (exact) mass is 360 g/mol. The van der Waals surface area contributed by atoms with Crippen molar-refractivity contribution in [3.05, 3.63) is 89.6 Å². The SMILES string of the molecule is CCC(C)Nc1ncccc1C(=O)c1cccc(OCc2ccccc2)c1. The van der Waals surface area contributed by atoms with Crippen molar-refractivity contribution in [3.8, 4) is 5.75 Å². The van der Waals surface area contributed by atoms with Crippen molar-refractivity contribution >= 4 is 11.6 Å². The average molecular weight is 360 g/mol. The predicted octanol–water partition coefficient (Wildman–Crippen LogP) is 5.10. The van der Waals surface area contributed by atoms with Crippen LogP contribution in [0.1, 0.15) is 41.8 Å². The summed E-state index contributed by atoms with van der Waals surface area (Å²) in [6.45, 7) is 4.63. The summed E-state index contributed by atoms with van der Waals surface area (Å²) in [5.74, 6) is 1.22. The van der Waals surface area contributed by atoms with E-state index in [9.17, 15) is 4.79 Å². The molecule has 2 aromatic carbocycles. The van der Waals surface area contributed by atoms with E-state index in [0.29, 0.717) is 29.3 Å². The summed E-state index contributed by atoms with van der Waals surface area (Å²) in [6, 6.07) is 21.1. The van der Waals surface area contributed by atoms with Crippen LogP contribution in [0.5, 0.6) is 5.75 Å². The maximum atomic E-state index is 13.0. The van der Waals surface area contributed by atoms with Gasteiger partial charge < -0.3 is 10.1 Å². The summed E-state index contributed by atoms with van der Waals surface area (Å²) in [5, 5.41) is 3.31. The first-order valence-corrected chi connectivity index (χ1v) is 9.20. The molecule has 3 rings (SSSR count). The van der Waals surface area contributed by atoms with Crippen LogP contribution in [0.15, 0.2) is 72.9 Å². The summed E-state index contributed by atoms with van der Waals surface area (Å²) in [4.78, 5) is 17.4. The highest BCUT2D eigenvalue weighted by Gasteiger charge is 2.16. The number of ether oxygens (including phenoxy) is 1. The molecule has 4 heteroatoms. The third-order valence-electron chi connectivity index (χ3n) is 4.39. The van der Waals surface area contributed by atoms with Crippen LogP contribution in [0, 0.1) is 0 Å². The minimum absolute atomic E-state index is 0.0703. The maximum Gasteiger partial charge on any atom is 0.196 e. The Balaban J connectivity index is 1.78. The van der Waals surface area contributed by atoms with E-state index in [1.165, 1.54) is 0 Å². The van der Waals surface area contributed by atoms with E-state index in [1.54, 1.807) is 30.5 Å². The van der Waals surface area contributed by atoms with Crippen molar-refractivity contribution in [1.82, 2.24) is 4.98 Å². The van der Waals surface area contributed by atoms with Gasteiger partial charge in [0.25, 0.3) is 0 Å². The molecule has 0 spiro atoms. The molecule has 0 aliphatic rings. The second kappa shape index (κ2) is 8.99. The molecule has 0 saturated heterocycles. The van der Waals surface area contributed by atoms with Gasteiger partial charge in [0.2, 0.25) is 0 Å². The van der Waals surface area contributed by atoms with Gasteiger partial charge in [0, 0.05) is 17.8 Å². The number of nitrogens with one attached hydrogen (secondary N) is 1. The van der Waals surface area contributed by atoms with E-state index < -0.39 is 0 Å². The lowest BCUT2D eigenvalue weighted by atomic mass is 10.0. The number of ketones is 1. The molecule has 0 aliphatic heterocycles. The Morgan fingerprint density at radius 2 is 1.89 bits per heavy atom. The molecule has 0 radical (unpaired) electrons. The third-order valence-corrected chi connectivity index (χ3v) is 4.39. The third kappa shape index (κ3) is 4.94. The van der Waals surface area contributed by atoms with Gasteiger partial charge in [0.15, 0.2) is 5.78 Å². The Hall–Kier alpha value is -3.14. The Labute approximate surface area is 160 Å². The first-order valence-electron chi connectivity index (χ1n) is 9.20. The van der Waals surface area contributed by atoms with E-state index in [-0.39, 0.29) is 11.8 Å². The van der Waals surface area contributed by atoms with E-state index in [1.807, 2.05) is 42.5 Å². The number of nitrogens with zero attached hydrogens (tertiary/aromatic N) is 1. The smallest absolute Gasteiger partial charge is 0.196 e. The van der Waals surface area contributed by atoms with Gasteiger partial charge >= 0.3 is 0 Å². The summed E-state index contributed by atoms with van der Waals surface area (Å²) in [6.07, 6.45) is 2.65. The van der Waals surface area contributed by atoms with Crippen LogP contribution in [0.2, 0.25) is 0 Å². The Morgan fingerprint density at radius 3 is 2.67 bits per heavy atom. The van der Waals surface area contributed by atoms with Gasteiger partial charge in [-0.05, 0) is 43.2 Å². The first-order chi connectivity index (χ1) is 13.2. The van der Waals surface area contributed by atoms with Crippen LogP contribution in [-0.2, 0) is 6.61 Å². The predicted molar refractivity (Wildman–Crippen MR) is 108 cm³/mol. The molecule has 0 amide bonds. The number of hydrogen-bond acceptors (Lipinski definition) is 4. The van der Waals surface area contributed by atoms with Gasteiger partial charge in [0.05, 0.1) is 5.56 Å². The molecule has 138 valence electrons. The molecular weight excluding hydrogens is 336 g/mol. The van der Waals surface area contributed by atoms with E-state index >= 15 is 0 Å². The number of pyridine rings is 1. The maximum absolute atomic E-state index is 13.0. The standard InChI is InChI=1S/C23H24N2O2/c1-3-17(2)25-23-21(13-8-14-24-23)22(26)19-11-7-12-20(15-19)27-16-18-9-5-4-6-10-18/h4-15,17H,3,16H2,1-2H3,(H,24,25). The second-order valence-corrected chi connectivity index (χ2v) is 6.48. The zero-order chi connectivity index (χ0) is 19.1. The Kier molecular flexibility index (Phi) is 6.21. The molecule has 4 nitrogen and oxygen atoms in total. The fourth-order valence-corrected chi connectivity index (χ4v) is 2.66. The molecule has 1 atom stereocenters. The summed E-state index contributed by atoms with van der Waals surface area (Å²) < 4.78 is 5.85. The molecule has 0 bridgehead atoms. The lowest BCUT2D eigenvalue weighted by Crippen LogP contribution is -2.17. The van der Waals surface area contributed by atoms with Crippen molar-refractivity contribution in [2.24, 2.45) is 0 Å². The van der Waals surface area contributed by atoms with Crippen LogP contribution in [0.25, 0.3) is 0 Å². The van der Waals surface area contributed by atoms with Gasteiger partial charge in [-0.25, -0.2) is 4.98 Å². The van der Waals surface area contributed by atoms with Crippen molar-refractivity contribution in [2.75, 3.05) is 5.32 Å². The highest BCUT2D eigenvalue weighted by molar-refractivity contribution is 6.12. The van der Waals surface area contributed by atoms with Gasteiger partial charge in [0.1, 0.15) is 18.2 Å². The van der Waals surface area contributed by atoms with Crippen LogP contribution in [0.4, 0.5) is 5.82 Å². The largest absolute Gasteiger partial charge is 0.489 e. The molecule has 1 aromatic heterocycles. The van der Waals surface area contributed by atoms with Gasteiger partial charge in [-0.3, -0.25) is 4.79 Å². The second-order valence-electron chi connectivity index (χ2n) is 6.48. The van der Waals surface area contributed by atoms with E-state index in [0.717, 1.165) is 12.0 Å². The highest BCUT2D eigenvalue weighted by atomic mass is 16.5. The molecule has 0 fully saturated rings. The van der Waals surface area contributed by atoms with Crippen molar-refractivity contribution in [3.63, 3.8) is 0 Å². The zero-order valence-electron chi connectivity index (χ0n) is 15.7. The Bertz CT molecular complexity index is 894. The zero-order valence-corrected chi connectivity index (χ0v) is 15.7. The molecule has 27 heavy (non-hydrogen) atoms. The molecular formula is C23H24N2O2. The summed E-state index contributed by atoms with van der Waals surface area (Å²) in [7, 11) is 0. The number of carbonyl (C=O) groups is 1. The number of anilines is 1. The quantitative estimate of drug-likeness (QED) is 0.568. The molecule has 1 unspecified atom stereocenters. The molecule has 3 aromatic rings. The molecule has 0 aliphatic carbocycles. The minimum atomic E-state index is -0.0703. The topological polar surface area (TPSA) is 51.2 Å². The minimum Gasteiger partial charge on any atom is -0.489 e. The molecule has 1 heterocycles. The van der Waals surface area contributed by atoms with Crippen molar-refractivity contribution in [2.45, 2.75) is 32.9 Å². The lowest BCUT2D eigenvalue weighted by Gasteiger charge is -2.15. The van der Waals surface area contributed by atoms with Crippen LogP contribution >= 0.6 is 0 Å². The van der Waals surface area contributed by atoms with E-state index in [2.05, 4.69) is 24.1 Å². The van der Waals surface area contributed by atoms with E-state index in [4.69, 9.17) is 4.74 Å². The summed E-state index contributed by atoms with van der Waals surface area (Å²) >= 11 is 0. The molecule has 0 saturated carbocycles. The number of benzene rings is 2. The van der Waals surface area contributed by atoms with Crippen molar-refractivity contribution in [1.29, 1.82) is 0 Å². The number of rotatable bonds is 8. The van der Waals surface area contributed by atoms with Crippen LogP contribution < -0.4 is 10.1 Å². The average Bonchev–Trinajstić information content (AvgIpc) is 2.73. The first kappa shape index (κ1) is 18.6. The van der Waals surface area contributed by atoms with Gasteiger partial charge in [-0.2, -0.15) is 0 Å². The number of hydrogen-bond donors (Lipinski definition) is 1. The number of aromatic nitrogens is 1. The number of carbonyl (C=O) groups excluding carboxylic acids is 1. The summed E-state index contributed by atoms with van der Waals surface area (Å²) in [5.41, 5.74) is 2.24.